The van der Waals surface area contributed by atoms with Crippen LogP contribution in [0.25, 0.3) is 0 Å². The number of aliphatic imine (C=N–C) groups is 1. The molecule has 2 N–H and O–H groups in total. The summed E-state index contributed by atoms with van der Waals surface area (Å²) in [5.41, 5.74) is 7.31. The predicted octanol–water partition coefficient (Wildman–Crippen LogP) is 3.16. The van der Waals surface area contributed by atoms with Crippen LogP contribution in [0.3, 0.4) is 0 Å². The average molecular weight is 301 g/mol. The summed E-state index contributed by atoms with van der Waals surface area (Å²) in [6.45, 7) is 4.93. The van der Waals surface area contributed by atoms with E-state index in [-0.39, 0.29) is 0 Å². The largest absolute Gasteiger partial charge is 0.490 e. The zero-order valence-electron chi connectivity index (χ0n) is 13.5. The summed E-state index contributed by atoms with van der Waals surface area (Å²) >= 11 is 0. The second-order valence-electron chi connectivity index (χ2n) is 6.65. The van der Waals surface area contributed by atoms with Gasteiger partial charge in [0.05, 0.1) is 12.6 Å². The molecule has 1 atom stereocenters. The molecule has 0 bridgehead atoms. The van der Waals surface area contributed by atoms with Crippen LogP contribution in [0.4, 0.5) is 0 Å². The highest BCUT2D eigenvalue weighted by molar-refractivity contribution is 5.78. The lowest BCUT2D eigenvalue weighted by Crippen LogP contribution is -2.43. The van der Waals surface area contributed by atoms with Gasteiger partial charge in [0.25, 0.3) is 0 Å². The Balaban J connectivity index is 1.63. The van der Waals surface area contributed by atoms with Crippen molar-refractivity contribution in [3.05, 3.63) is 29.8 Å². The van der Waals surface area contributed by atoms with E-state index in [9.17, 15) is 0 Å². The third kappa shape index (κ3) is 3.73. The zero-order valence-corrected chi connectivity index (χ0v) is 13.5. The van der Waals surface area contributed by atoms with E-state index in [1.165, 1.54) is 32.1 Å². The normalized spacial score (nSPS) is 23.2. The van der Waals surface area contributed by atoms with Crippen LogP contribution < -0.4 is 10.5 Å². The van der Waals surface area contributed by atoms with Crippen LogP contribution in [0.15, 0.2) is 29.3 Å². The molecule has 3 rings (SSSR count). The van der Waals surface area contributed by atoms with Crippen molar-refractivity contribution in [1.82, 2.24) is 4.90 Å². The summed E-state index contributed by atoms with van der Waals surface area (Å²) in [5.74, 6) is 2.34. The first-order valence-corrected chi connectivity index (χ1v) is 8.52. The molecule has 0 radical (unpaired) electrons. The molecule has 4 nitrogen and oxygen atoms in total. The molecule has 1 aromatic rings. The molecular formula is C18H27N3O. The zero-order chi connectivity index (χ0) is 15.4. The maximum atomic E-state index is 6.18. The van der Waals surface area contributed by atoms with Crippen molar-refractivity contribution in [2.24, 2.45) is 16.6 Å². The van der Waals surface area contributed by atoms with Crippen LogP contribution in [0.1, 0.15) is 44.6 Å². The Morgan fingerprint density at radius 2 is 2.09 bits per heavy atom. The van der Waals surface area contributed by atoms with Gasteiger partial charge in [-0.1, -0.05) is 25.1 Å². The van der Waals surface area contributed by atoms with Crippen molar-refractivity contribution in [2.75, 3.05) is 13.1 Å². The van der Waals surface area contributed by atoms with Crippen LogP contribution in [0, 0.1) is 5.92 Å². The smallest absolute Gasteiger partial charge is 0.191 e. The lowest BCUT2D eigenvalue weighted by Gasteiger charge is -2.31. The average Bonchev–Trinajstić information content (AvgIpc) is 2.49. The van der Waals surface area contributed by atoms with Crippen molar-refractivity contribution >= 4 is 5.96 Å². The van der Waals surface area contributed by atoms with Crippen molar-refractivity contribution in [3.63, 3.8) is 0 Å². The fraction of sp³-hybridized carbons (Fsp3) is 0.611. The van der Waals surface area contributed by atoms with E-state index in [1.807, 2.05) is 18.2 Å². The van der Waals surface area contributed by atoms with Gasteiger partial charge >= 0.3 is 0 Å². The Kier molecular flexibility index (Phi) is 4.86. The van der Waals surface area contributed by atoms with E-state index in [0.29, 0.717) is 24.5 Å². The number of guanidine groups is 1. The molecule has 1 saturated heterocycles. The van der Waals surface area contributed by atoms with Gasteiger partial charge in [-0.15, -0.1) is 0 Å². The summed E-state index contributed by atoms with van der Waals surface area (Å²) in [6, 6.07) is 8.19. The van der Waals surface area contributed by atoms with Crippen molar-refractivity contribution in [1.29, 1.82) is 0 Å². The molecule has 1 saturated carbocycles. The fourth-order valence-corrected chi connectivity index (χ4v) is 3.08. The molecule has 1 aliphatic heterocycles. The number of rotatable bonds is 4. The Morgan fingerprint density at radius 1 is 1.27 bits per heavy atom. The van der Waals surface area contributed by atoms with Crippen molar-refractivity contribution < 1.29 is 4.74 Å². The van der Waals surface area contributed by atoms with E-state index in [0.717, 1.165) is 24.4 Å². The van der Waals surface area contributed by atoms with Crippen molar-refractivity contribution in [2.45, 2.75) is 51.7 Å². The Hall–Kier alpha value is -1.71. The quantitative estimate of drug-likeness (QED) is 0.686. The van der Waals surface area contributed by atoms with Crippen molar-refractivity contribution in [3.8, 4) is 5.75 Å². The molecule has 0 amide bonds. The van der Waals surface area contributed by atoms with E-state index >= 15 is 0 Å². The number of nitrogens with two attached hydrogens (primary N) is 1. The van der Waals surface area contributed by atoms with Crippen LogP contribution in [-0.4, -0.2) is 30.1 Å². The number of hydrogen-bond donors (Lipinski definition) is 1. The van der Waals surface area contributed by atoms with E-state index < -0.39 is 0 Å². The minimum atomic E-state index is 0.394. The summed E-state index contributed by atoms with van der Waals surface area (Å²) in [6.07, 6.45) is 6.52. The van der Waals surface area contributed by atoms with Gasteiger partial charge in [0, 0.05) is 18.7 Å². The maximum Gasteiger partial charge on any atom is 0.191 e. The summed E-state index contributed by atoms with van der Waals surface area (Å²) in [5, 5.41) is 0. The van der Waals surface area contributed by atoms with Gasteiger partial charge in [0.1, 0.15) is 5.75 Å². The molecule has 0 aromatic heterocycles. The number of hydrogen-bond acceptors (Lipinski definition) is 2. The minimum absolute atomic E-state index is 0.394. The van der Waals surface area contributed by atoms with Crippen LogP contribution in [0.5, 0.6) is 5.75 Å². The topological polar surface area (TPSA) is 50.8 Å². The standard InChI is InChI=1S/C18H27N3O/c1-14-6-5-11-21(13-14)18(19)20-12-15-7-2-3-10-17(15)22-16-8-4-9-16/h2-3,7,10,14,16H,4-6,8-9,11-13H2,1H3,(H2,19,20). The summed E-state index contributed by atoms with van der Waals surface area (Å²) in [7, 11) is 0. The highest BCUT2D eigenvalue weighted by Gasteiger charge is 2.20. The molecule has 2 aliphatic rings. The monoisotopic (exact) mass is 301 g/mol. The highest BCUT2D eigenvalue weighted by Crippen LogP contribution is 2.28. The first kappa shape index (κ1) is 15.2. The van der Waals surface area contributed by atoms with Gasteiger partial charge in [-0.05, 0) is 44.1 Å². The molecular weight excluding hydrogens is 274 g/mol. The number of piperidine rings is 1. The fourth-order valence-electron chi connectivity index (χ4n) is 3.08. The lowest BCUT2D eigenvalue weighted by atomic mass is 9.96. The second kappa shape index (κ2) is 7.03. The third-order valence-corrected chi connectivity index (χ3v) is 4.71. The number of ether oxygens (including phenoxy) is 1. The van der Waals surface area contributed by atoms with Crippen LogP contribution in [-0.2, 0) is 6.54 Å². The molecule has 4 heteroatoms. The number of benzene rings is 1. The van der Waals surface area contributed by atoms with Gasteiger partial charge in [-0.25, -0.2) is 4.99 Å². The first-order chi connectivity index (χ1) is 10.7. The first-order valence-electron chi connectivity index (χ1n) is 8.52. The number of para-hydroxylation sites is 1. The minimum Gasteiger partial charge on any atom is -0.490 e. The number of likely N-dealkylation sites (tertiary alicyclic amines) is 1. The molecule has 1 aliphatic carbocycles. The molecule has 1 unspecified atom stereocenters. The lowest BCUT2D eigenvalue weighted by molar-refractivity contribution is 0.119. The summed E-state index contributed by atoms with van der Waals surface area (Å²) < 4.78 is 6.05. The Morgan fingerprint density at radius 3 is 2.82 bits per heavy atom. The molecule has 120 valence electrons. The van der Waals surface area contributed by atoms with E-state index in [2.05, 4.69) is 22.9 Å². The summed E-state index contributed by atoms with van der Waals surface area (Å²) in [4.78, 5) is 6.82. The van der Waals surface area contributed by atoms with Gasteiger partial charge in [0.15, 0.2) is 5.96 Å². The maximum absolute atomic E-state index is 6.18. The van der Waals surface area contributed by atoms with E-state index in [4.69, 9.17) is 10.5 Å². The highest BCUT2D eigenvalue weighted by atomic mass is 16.5. The Labute approximate surface area is 133 Å². The Bertz CT molecular complexity index is 525. The molecule has 1 aromatic carbocycles. The van der Waals surface area contributed by atoms with E-state index in [1.54, 1.807) is 0 Å². The second-order valence-corrected chi connectivity index (χ2v) is 6.65. The molecule has 22 heavy (non-hydrogen) atoms. The molecule has 0 spiro atoms. The van der Waals surface area contributed by atoms with Crippen LogP contribution >= 0.6 is 0 Å². The van der Waals surface area contributed by atoms with Gasteiger partial charge in [-0.3, -0.25) is 0 Å². The molecule has 1 heterocycles. The predicted molar refractivity (Wildman–Crippen MR) is 90.0 cm³/mol. The third-order valence-electron chi connectivity index (χ3n) is 4.71. The molecule has 2 fully saturated rings. The van der Waals surface area contributed by atoms with Gasteiger partial charge < -0.3 is 15.4 Å². The SMILES string of the molecule is CC1CCCN(C(N)=NCc2ccccc2OC2CCC2)C1. The number of nitrogens with zero attached hydrogens (tertiary/aromatic N) is 2. The van der Waals surface area contributed by atoms with Crippen LogP contribution in [0.2, 0.25) is 0 Å². The van der Waals surface area contributed by atoms with Gasteiger partial charge in [0.2, 0.25) is 0 Å². The van der Waals surface area contributed by atoms with Gasteiger partial charge in [-0.2, -0.15) is 0 Å².